The highest BCUT2D eigenvalue weighted by Gasteiger charge is 2.16. The van der Waals surface area contributed by atoms with Gasteiger partial charge in [0.15, 0.2) is 0 Å². The van der Waals surface area contributed by atoms with E-state index in [9.17, 15) is 18.7 Å². The lowest BCUT2D eigenvalue weighted by molar-refractivity contribution is -0.117. The fourth-order valence-corrected chi connectivity index (χ4v) is 3.02. The van der Waals surface area contributed by atoms with E-state index in [1.54, 1.807) is 0 Å². The molecule has 0 spiro atoms. The first kappa shape index (κ1) is 20.0. The molecule has 1 saturated heterocycles. The number of carbonyl (C=O) groups is 1. The number of amides is 1. The Morgan fingerprint density at radius 1 is 1.21 bits per heavy atom. The topological polar surface area (TPSA) is 61.8 Å². The lowest BCUT2D eigenvalue weighted by Crippen LogP contribution is -2.36. The number of benzene rings is 2. The summed E-state index contributed by atoms with van der Waals surface area (Å²) in [4.78, 5) is 14.4. The highest BCUT2D eigenvalue weighted by atomic mass is 19.1. The second-order valence-electron chi connectivity index (χ2n) is 6.44. The van der Waals surface area contributed by atoms with Crippen molar-refractivity contribution >= 4 is 17.7 Å². The van der Waals surface area contributed by atoms with E-state index in [0.717, 1.165) is 48.6 Å². The maximum atomic E-state index is 13.6. The third kappa shape index (κ3) is 5.15. The maximum absolute atomic E-state index is 13.6. The van der Waals surface area contributed by atoms with Crippen LogP contribution in [0.4, 0.5) is 14.5 Å². The number of halogens is 2. The first-order valence-corrected chi connectivity index (χ1v) is 9.04. The zero-order valence-electron chi connectivity index (χ0n) is 15.3. The minimum Gasteiger partial charge on any atom is -0.394 e. The van der Waals surface area contributed by atoms with Gasteiger partial charge in [-0.15, -0.1) is 0 Å². The summed E-state index contributed by atoms with van der Waals surface area (Å²) in [5, 5.41) is 12.4. The molecule has 0 unspecified atom stereocenters. The number of rotatable bonds is 6. The van der Waals surface area contributed by atoms with Crippen LogP contribution in [-0.2, 0) is 9.53 Å². The summed E-state index contributed by atoms with van der Waals surface area (Å²) in [6, 6.07) is 9.98. The molecule has 3 rings (SSSR count). The van der Waals surface area contributed by atoms with Gasteiger partial charge in [-0.1, -0.05) is 12.1 Å². The number of hydrogen-bond donors (Lipinski definition) is 2. The number of aliphatic hydroxyl groups is 1. The van der Waals surface area contributed by atoms with Gasteiger partial charge >= 0.3 is 0 Å². The van der Waals surface area contributed by atoms with E-state index < -0.39 is 23.6 Å². The number of aliphatic hydroxyl groups excluding tert-OH is 1. The molecule has 1 aliphatic heterocycles. The lowest BCUT2D eigenvalue weighted by atomic mass is 10.1. The van der Waals surface area contributed by atoms with Crippen LogP contribution in [0, 0.1) is 11.6 Å². The molecule has 0 bridgehead atoms. The third-order valence-electron chi connectivity index (χ3n) is 4.52. The maximum Gasteiger partial charge on any atom is 0.244 e. The molecule has 5 nitrogen and oxygen atoms in total. The van der Waals surface area contributed by atoms with Gasteiger partial charge in [-0.05, 0) is 42.0 Å². The lowest BCUT2D eigenvalue weighted by Gasteiger charge is -2.29. The van der Waals surface area contributed by atoms with E-state index in [4.69, 9.17) is 4.74 Å². The first-order valence-electron chi connectivity index (χ1n) is 9.04. The van der Waals surface area contributed by atoms with Crippen LogP contribution in [0.5, 0.6) is 0 Å². The molecule has 1 heterocycles. The molecule has 0 radical (unpaired) electrons. The Morgan fingerprint density at radius 3 is 2.75 bits per heavy atom. The van der Waals surface area contributed by atoms with Gasteiger partial charge in [0.2, 0.25) is 5.91 Å². The van der Waals surface area contributed by atoms with E-state index in [-0.39, 0.29) is 12.2 Å². The molecule has 0 aliphatic carbocycles. The van der Waals surface area contributed by atoms with Gasteiger partial charge in [0, 0.05) is 30.4 Å². The highest BCUT2D eigenvalue weighted by molar-refractivity contribution is 5.92. The molecule has 1 aliphatic rings. The molecule has 2 aromatic carbocycles. The Kier molecular flexibility index (Phi) is 6.73. The van der Waals surface area contributed by atoms with Gasteiger partial charge in [-0.3, -0.25) is 4.79 Å². The van der Waals surface area contributed by atoms with Crippen molar-refractivity contribution in [3.8, 4) is 0 Å². The van der Waals surface area contributed by atoms with Crippen molar-refractivity contribution in [2.75, 3.05) is 37.8 Å². The molecule has 2 aromatic rings. The van der Waals surface area contributed by atoms with E-state index >= 15 is 0 Å². The zero-order valence-corrected chi connectivity index (χ0v) is 15.3. The molecular weight excluding hydrogens is 366 g/mol. The number of morpholine rings is 1. The summed E-state index contributed by atoms with van der Waals surface area (Å²) in [6.07, 6.45) is 2.32. The van der Waals surface area contributed by atoms with Crippen LogP contribution in [0.3, 0.4) is 0 Å². The zero-order chi connectivity index (χ0) is 19.9. The molecule has 1 atom stereocenters. The minimum absolute atomic E-state index is 0.0231. The van der Waals surface area contributed by atoms with Crippen molar-refractivity contribution in [1.82, 2.24) is 5.32 Å². The van der Waals surface area contributed by atoms with Crippen LogP contribution < -0.4 is 10.2 Å². The fraction of sp³-hybridized carbons (Fsp3) is 0.286. The smallest absolute Gasteiger partial charge is 0.244 e. The summed E-state index contributed by atoms with van der Waals surface area (Å²) in [7, 11) is 0. The Balaban J connectivity index is 1.68. The van der Waals surface area contributed by atoms with E-state index in [1.807, 2.05) is 24.3 Å². The van der Waals surface area contributed by atoms with Gasteiger partial charge in [-0.2, -0.15) is 0 Å². The number of nitrogens with one attached hydrogen (secondary N) is 1. The SMILES string of the molecule is O=C(C=Cc1cc(F)ccc1F)N[C@H](CO)c1cccc(N2CCOCC2)c1. The number of nitrogens with zero attached hydrogens (tertiary/aromatic N) is 1. The van der Waals surface area contributed by atoms with Gasteiger partial charge in [0.1, 0.15) is 11.6 Å². The molecule has 1 amide bonds. The van der Waals surface area contributed by atoms with Crippen LogP contribution in [0.25, 0.3) is 6.08 Å². The number of anilines is 1. The van der Waals surface area contributed by atoms with Crippen molar-refractivity contribution in [3.63, 3.8) is 0 Å². The van der Waals surface area contributed by atoms with Crippen molar-refractivity contribution in [3.05, 3.63) is 71.3 Å². The fourth-order valence-electron chi connectivity index (χ4n) is 3.02. The highest BCUT2D eigenvalue weighted by Crippen LogP contribution is 2.22. The summed E-state index contributed by atoms with van der Waals surface area (Å²) < 4.78 is 32.2. The average molecular weight is 388 g/mol. The van der Waals surface area contributed by atoms with Crippen molar-refractivity contribution in [2.45, 2.75) is 6.04 Å². The molecule has 28 heavy (non-hydrogen) atoms. The van der Waals surface area contributed by atoms with Crippen molar-refractivity contribution in [2.24, 2.45) is 0 Å². The van der Waals surface area contributed by atoms with Gasteiger partial charge in [0.25, 0.3) is 0 Å². The Morgan fingerprint density at radius 2 is 2.00 bits per heavy atom. The van der Waals surface area contributed by atoms with Gasteiger partial charge < -0.3 is 20.1 Å². The largest absolute Gasteiger partial charge is 0.394 e. The average Bonchev–Trinajstić information content (AvgIpc) is 2.73. The van der Waals surface area contributed by atoms with Gasteiger partial charge in [0.05, 0.1) is 25.9 Å². The van der Waals surface area contributed by atoms with E-state index in [0.29, 0.717) is 13.2 Å². The Hall–Kier alpha value is -2.77. The van der Waals surface area contributed by atoms with E-state index in [1.165, 1.54) is 6.08 Å². The van der Waals surface area contributed by atoms with Crippen molar-refractivity contribution in [1.29, 1.82) is 0 Å². The summed E-state index contributed by atoms with van der Waals surface area (Å²) in [5.74, 6) is -1.73. The summed E-state index contributed by atoms with van der Waals surface area (Å²) in [5.41, 5.74) is 1.72. The predicted octanol–water partition coefficient (Wildman–Crippen LogP) is 2.66. The van der Waals surface area contributed by atoms with Crippen LogP contribution in [-0.4, -0.2) is 43.9 Å². The standard InChI is InChI=1S/C21H22F2N2O3/c22-17-5-6-19(23)15(12-17)4-7-21(27)24-20(14-26)16-2-1-3-18(13-16)25-8-10-28-11-9-25/h1-7,12-13,20,26H,8-11,14H2,(H,24,27)/t20-/m1/s1. The normalized spacial score (nSPS) is 15.6. The quantitative estimate of drug-likeness (QED) is 0.747. The van der Waals surface area contributed by atoms with Crippen LogP contribution in [0.15, 0.2) is 48.5 Å². The molecule has 1 fully saturated rings. The third-order valence-corrected chi connectivity index (χ3v) is 4.52. The predicted molar refractivity (Wildman–Crippen MR) is 103 cm³/mol. The first-order chi connectivity index (χ1) is 13.6. The van der Waals surface area contributed by atoms with Crippen molar-refractivity contribution < 1.29 is 23.4 Å². The molecule has 0 aromatic heterocycles. The second-order valence-corrected chi connectivity index (χ2v) is 6.44. The molecular formula is C21H22F2N2O3. The van der Waals surface area contributed by atoms with E-state index in [2.05, 4.69) is 10.2 Å². The summed E-state index contributed by atoms with van der Waals surface area (Å²) >= 11 is 0. The van der Waals surface area contributed by atoms with Crippen LogP contribution >= 0.6 is 0 Å². The second kappa shape index (κ2) is 9.43. The minimum atomic E-state index is -0.623. The number of hydrogen-bond acceptors (Lipinski definition) is 4. The Bertz CT molecular complexity index is 851. The number of ether oxygens (including phenoxy) is 1. The molecule has 7 heteroatoms. The molecule has 0 saturated carbocycles. The Labute approximate surface area is 162 Å². The monoisotopic (exact) mass is 388 g/mol. The molecule has 148 valence electrons. The summed E-state index contributed by atoms with van der Waals surface area (Å²) in [6.45, 7) is 2.58. The number of carbonyl (C=O) groups excluding carboxylic acids is 1. The van der Waals surface area contributed by atoms with Crippen LogP contribution in [0.1, 0.15) is 17.2 Å². The van der Waals surface area contributed by atoms with Crippen LogP contribution in [0.2, 0.25) is 0 Å². The van der Waals surface area contributed by atoms with Gasteiger partial charge in [-0.25, -0.2) is 8.78 Å². The molecule has 2 N–H and O–H groups in total.